The van der Waals surface area contributed by atoms with Crippen LogP contribution in [0.1, 0.15) is 16.1 Å². The van der Waals surface area contributed by atoms with E-state index >= 15 is 0 Å². The third kappa shape index (κ3) is 2.28. The first kappa shape index (κ1) is 11.3. The summed E-state index contributed by atoms with van der Waals surface area (Å²) in [5.74, 6) is -0.233. The Hall–Kier alpha value is -2.76. The fourth-order valence-electron chi connectivity index (χ4n) is 1.80. The van der Waals surface area contributed by atoms with Gasteiger partial charge in [-0.3, -0.25) is 19.9 Å². The van der Waals surface area contributed by atoms with Gasteiger partial charge in [-0.1, -0.05) is 6.07 Å². The summed E-state index contributed by atoms with van der Waals surface area (Å²) in [4.78, 5) is 20.0. The number of nitrogens with one attached hydrogen (secondary N) is 2. The van der Waals surface area contributed by atoms with Crippen LogP contribution < -0.4 is 5.32 Å². The molecule has 0 aliphatic rings. The van der Waals surface area contributed by atoms with Gasteiger partial charge in [0, 0.05) is 31.3 Å². The van der Waals surface area contributed by atoms with Crippen LogP contribution in [0.2, 0.25) is 0 Å². The van der Waals surface area contributed by atoms with E-state index in [0.29, 0.717) is 17.6 Å². The van der Waals surface area contributed by atoms with Crippen molar-refractivity contribution in [1.29, 1.82) is 0 Å². The van der Waals surface area contributed by atoms with Crippen molar-refractivity contribution in [2.45, 2.75) is 6.54 Å². The number of carbonyl (C=O) groups excluding carboxylic acids is 1. The fourth-order valence-corrected chi connectivity index (χ4v) is 1.80. The van der Waals surface area contributed by atoms with Crippen LogP contribution in [-0.2, 0) is 6.54 Å². The zero-order valence-corrected chi connectivity index (χ0v) is 10.00. The third-order valence-electron chi connectivity index (χ3n) is 2.76. The van der Waals surface area contributed by atoms with Crippen molar-refractivity contribution >= 4 is 16.8 Å². The highest BCUT2D eigenvalue weighted by Gasteiger charge is 2.13. The smallest absolute Gasteiger partial charge is 0.272 e. The van der Waals surface area contributed by atoms with Crippen LogP contribution in [-0.4, -0.2) is 26.1 Å². The van der Waals surface area contributed by atoms with Gasteiger partial charge < -0.3 is 5.32 Å². The highest BCUT2D eigenvalue weighted by molar-refractivity contribution is 6.04. The van der Waals surface area contributed by atoms with Crippen LogP contribution in [0.4, 0.5) is 0 Å². The van der Waals surface area contributed by atoms with Crippen LogP contribution in [0.25, 0.3) is 10.9 Å². The molecule has 3 heterocycles. The van der Waals surface area contributed by atoms with Crippen molar-refractivity contribution in [3.8, 4) is 0 Å². The van der Waals surface area contributed by atoms with Gasteiger partial charge in [0.25, 0.3) is 5.91 Å². The van der Waals surface area contributed by atoms with Gasteiger partial charge in [0.1, 0.15) is 0 Å². The summed E-state index contributed by atoms with van der Waals surface area (Å²) in [6.45, 7) is 0.418. The lowest BCUT2D eigenvalue weighted by atomic mass is 10.2. The molecule has 0 fully saturated rings. The maximum Gasteiger partial charge on any atom is 0.272 e. The quantitative estimate of drug-likeness (QED) is 0.736. The number of nitrogens with zero attached hydrogens (tertiary/aromatic N) is 3. The molecule has 3 rings (SSSR count). The fraction of sp³-hybridized carbons (Fsp3) is 0.0769. The van der Waals surface area contributed by atoms with E-state index in [1.165, 1.54) is 0 Å². The van der Waals surface area contributed by atoms with E-state index in [4.69, 9.17) is 0 Å². The topological polar surface area (TPSA) is 83.6 Å². The minimum absolute atomic E-state index is 0.233. The van der Waals surface area contributed by atoms with E-state index in [1.54, 1.807) is 30.9 Å². The number of hydrogen-bond acceptors (Lipinski definition) is 4. The second-order valence-electron chi connectivity index (χ2n) is 4.04. The maximum atomic E-state index is 12.1. The first-order chi connectivity index (χ1) is 9.34. The summed E-state index contributed by atoms with van der Waals surface area (Å²) in [6, 6.07) is 5.51. The van der Waals surface area contributed by atoms with Crippen LogP contribution in [0, 0.1) is 0 Å². The van der Waals surface area contributed by atoms with Crippen molar-refractivity contribution in [3.05, 3.63) is 54.2 Å². The number of pyridine rings is 2. The Morgan fingerprint density at radius 1 is 1.21 bits per heavy atom. The Kier molecular flexibility index (Phi) is 2.89. The summed E-state index contributed by atoms with van der Waals surface area (Å²) >= 11 is 0. The molecule has 0 radical (unpaired) electrons. The molecular formula is C13H11N5O. The molecule has 0 aliphatic carbocycles. The van der Waals surface area contributed by atoms with E-state index in [0.717, 1.165) is 11.1 Å². The Morgan fingerprint density at radius 2 is 2.11 bits per heavy atom. The summed E-state index contributed by atoms with van der Waals surface area (Å²) < 4.78 is 0. The minimum Gasteiger partial charge on any atom is -0.346 e. The lowest BCUT2D eigenvalue weighted by Gasteiger charge is -2.02. The molecule has 19 heavy (non-hydrogen) atoms. The number of hydrogen-bond donors (Lipinski definition) is 2. The standard InChI is InChI=1S/C13H11N5O/c19-13(16-7-9-2-1-4-14-6-9)12-10-8-15-5-3-11(10)17-18-12/h1-6,8H,7H2,(H,16,19)(H,17,18). The predicted molar refractivity (Wildman–Crippen MR) is 69.3 cm³/mol. The number of rotatable bonds is 3. The molecule has 2 N–H and O–H groups in total. The number of aromatic nitrogens is 4. The first-order valence-electron chi connectivity index (χ1n) is 5.80. The Labute approximate surface area is 108 Å². The van der Waals surface area contributed by atoms with Crippen LogP contribution >= 0.6 is 0 Å². The van der Waals surface area contributed by atoms with Gasteiger partial charge in [-0.15, -0.1) is 0 Å². The van der Waals surface area contributed by atoms with Gasteiger partial charge in [0.15, 0.2) is 5.69 Å². The second kappa shape index (κ2) is 4.85. The summed E-state index contributed by atoms with van der Waals surface area (Å²) in [5, 5.41) is 10.3. The Balaban J connectivity index is 1.77. The monoisotopic (exact) mass is 253 g/mol. The normalized spacial score (nSPS) is 10.5. The molecular weight excluding hydrogens is 242 g/mol. The predicted octanol–water partition coefficient (Wildman–Crippen LogP) is 1.28. The summed E-state index contributed by atoms with van der Waals surface area (Å²) in [6.07, 6.45) is 6.68. The number of H-pyrrole nitrogens is 1. The van der Waals surface area contributed by atoms with Crippen molar-refractivity contribution in [3.63, 3.8) is 0 Å². The van der Waals surface area contributed by atoms with Crippen molar-refractivity contribution < 1.29 is 4.79 Å². The zero-order valence-electron chi connectivity index (χ0n) is 10.00. The molecule has 3 aromatic heterocycles. The largest absolute Gasteiger partial charge is 0.346 e. The summed E-state index contributed by atoms with van der Waals surface area (Å²) in [5.41, 5.74) is 2.09. The SMILES string of the molecule is O=C(NCc1cccnc1)c1n[nH]c2ccncc12. The molecule has 6 nitrogen and oxygen atoms in total. The molecule has 0 aliphatic heterocycles. The van der Waals surface area contributed by atoms with Crippen molar-refractivity contribution in [2.24, 2.45) is 0 Å². The zero-order chi connectivity index (χ0) is 13.1. The Morgan fingerprint density at radius 3 is 2.95 bits per heavy atom. The van der Waals surface area contributed by atoms with Gasteiger partial charge in [-0.2, -0.15) is 5.10 Å². The molecule has 94 valence electrons. The number of fused-ring (bicyclic) bond motifs is 1. The van der Waals surface area contributed by atoms with Crippen LogP contribution in [0.3, 0.4) is 0 Å². The van der Waals surface area contributed by atoms with Crippen LogP contribution in [0.15, 0.2) is 43.0 Å². The number of amides is 1. The molecule has 3 aromatic rings. The van der Waals surface area contributed by atoms with E-state index in [1.807, 2.05) is 12.1 Å². The molecule has 0 atom stereocenters. The van der Waals surface area contributed by atoms with E-state index in [2.05, 4.69) is 25.5 Å². The van der Waals surface area contributed by atoms with Crippen LogP contribution in [0.5, 0.6) is 0 Å². The van der Waals surface area contributed by atoms with Gasteiger partial charge in [-0.25, -0.2) is 0 Å². The number of aromatic amines is 1. The third-order valence-corrected chi connectivity index (χ3v) is 2.76. The molecule has 0 aromatic carbocycles. The summed E-state index contributed by atoms with van der Waals surface area (Å²) in [7, 11) is 0. The molecule has 1 amide bonds. The lowest BCUT2D eigenvalue weighted by molar-refractivity contribution is 0.0947. The molecule has 6 heteroatoms. The van der Waals surface area contributed by atoms with Crippen molar-refractivity contribution in [2.75, 3.05) is 0 Å². The molecule has 0 saturated carbocycles. The highest BCUT2D eigenvalue weighted by atomic mass is 16.1. The van der Waals surface area contributed by atoms with E-state index in [9.17, 15) is 4.79 Å². The van der Waals surface area contributed by atoms with Crippen molar-refractivity contribution in [1.82, 2.24) is 25.5 Å². The molecule has 0 spiro atoms. The maximum absolute atomic E-state index is 12.1. The minimum atomic E-state index is -0.233. The molecule has 0 bridgehead atoms. The molecule has 0 saturated heterocycles. The Bertz CT molecular complexity index is 707. The van der Waals surface area contributed by atoms with Gasteiger partial charge in [0.05, 0.1) is 10.9 Å². The van der Waals surface area contributed by atoms with Gasteiger partial charge in [-0.05, 0) is 17.7 Å². The highest BCUT2D eigenvalue weighted by Crippen LogP contribution is 2.13. The lowest BCUT2D eigenvalue weighted by Crippen LogP contribution is -2.23. The average molecular weight is 253 g/mol. The first-order valence-corrected chi connectivity index (χ1v) is 5.80. The molecule has 0 unspecified atom stereocenters. The van der Waals surface area contributed by atoms with Gasteiger partial charge in [0.2, 0.25) is 0 Å². The number of carbonyl (C=O) groups is 1. The average Bonchev–Trinajstić information content (AvgIpc) is 2.90. The second-order valence-corrected chi connectivity index (χ2v) is 4.04. The van der Waals surface area contributed by atoms with E-state index < -0.39 is 0 Å². The van der Waals surface area contributed by atoms with Gasteiger partial charge >= 0.3 is 0 Å². The van der Waals surface area contributed by atoms with E-state index in [-0.39, 0.29) is 5.91 Å².